The summed E-state index contributed by atoms with van der Waals surface area (Å²) in [5.41, 5.74) is 3.34. The number of hydrogen-bond acceptors (Lipinski definition) is 8. The number of likely N-dealkylation sites (tertiary alicyclic amines) is 1. The molecular formula is C38H49ClN4O7S. The van der Waals surface area contributed by atoms with Crippen LogP contribution in [0.5, 0.6) is 5.75 Å². The van der Waals surface area contributed by atoms with Crippen molar-refractivity contribution in [3.63, 3.8) is 0 Å². The van der Waals surface area contributed by atoms with Crippen molar-refractivity contribution < 1.29 is 32.7 Å². The lowest BCUT2D eigenvalue weighted by Crippen LogP contribution is -2.58. The molecule has 13 heteroatoms. The molecule has 2 bridgehead atoms. The molecule has 5 aliphatic rings. The molecule has 2 fully saturated rings. The Labute approximate surface area is 306 Å². The molecule has 1 N–H and O–H groups in total. The van der Waals surface area contributed by atoms with Gasteiger partial charge in [0.05, 0.1) is 49.4 Å². The summed E-state index contributed by atoms with van der Waals surface area (Å²) < 4.78 is 45.4. The fraction of sp³-hybridized carbons (Fsp3) is 0.579. The molecule has 2 aromatic rings. The summed E-state index contributed by atoms with van der Waals surface area (Å²) >= 11 is 6.46. The molecule has 51 heavy (non-hydrogen) atoms. The lowest BCUT2D eigenvalue weighted by Gasteiger charge is -2.46. The van der Waals surface area contributed by atoms with Gasteiger partial charge in [-0.1, -0.05) is 36.7 Å². The predicted octanol–water partition coefficient (Wildman–Crippen LogP) is 5.64. The number of carbonyl (C=O) groups excluding carboxylic acids is 2. The highest BCUT2D eigenvalue weighted by Crippen LogP contribution is 2.47. The lowest BCUT2D eigenvalue weighted by molar-refractivity contribution is -0.00646. The van der Waals surface area contributed by atoms with Crippen molar-refractivity contribution in [1.29, 1.82) is 0 Å². The van der Waals surface area contributed by atoms with Crippen LogP contribution in [0.3, 0.4) is 0 Å². The molecule has 7 rings (SSSR count). The third kappa shape index (κ3) is 7.27. The third-order valence-corrected chi connectivity index (χ3v) is 13.8. The van der Waals surface area contributed by atoms with Crippen LogP contribution in [-0.2, 0) is 36.0 Å². The number of amides is 3. The van der Waals surface area contributed by atoms with Crippen LogP contribution in [-0.4, -0.2) is 99.2 Å². The van der Waals surface area contributed by atoms with Crippen LogP contribution in [0.15, 0.2) is 52.9 Å². The summed E-state index contributed by atoms with van der Waals surface area (Å²) in [6.45, 7) is 4.57. The van der Waals surface area contributed by atoms with Crippen molar-refractivity contribution in [3.05, 3.63) is 70.3 Å². The monoisotopic (exact) mass is 740 g/mol. The van der Waals surface area contributed by atoms with Gasteiger partial charge < -0.3 is 28.7 Å². The first-order chi connectivity index (χ1) is 24.5. The maximum Gasteiger partial charge on any atom is 0.330 e. The predicted molar refractivity (Wildman–Crippen MR) is 197 cm³/mol. The van der Waals surface area contributed by atoms with Crippen molar-refractivity contribution >= 4 is 39.1 Å². The second-order valence-electron chi connectivity index (χ2n) is 14.9. The molecule has 3 aliphatic heterocycles. The Morgan fingerprint density at radius 1 is 1.04 bits per heavy atom. The minimum atomic E-state index is -3.59. The van der Waals surface area contributed by atoms with E-state index in [-0.39, 0.29) is 40.8 Å². The number of rotatable bonds is 4. The van der Waals surface area contributed by atoms with E-state index in [0.717, 1.165) is 49.4 Å². The van der Waals surface area contributed by atoms with Gasteiger partial charge in [-0.25, -0.2) is 9.00 Å². The zero-order chi connectivity index (χ0) is 35.9. The van der Waals surface area contributed by atoms with Crippen LogP contribution in [0, 0.1) is 17.8 Å². The SMILES string of the molecule is COC1CN(C(=O)N[S@@]2(=O)=NC(=O)c3ccc4c(c3)N(C[C@@H]3CC[C@H]3[C@@H](OC)/C=C/[C@H](OC)[C@H](C)C2)C[C@@]2(CCCc3cc(Cl)ccc32)CO4)C1. The highest BCUT2D eigenvalue weighted by atomic mass is 35.5. The standard InChI is InChI=1S/C38H49ClN4O7S/c1-24-21-51(46,41-37(45)42-19-29(20-42)47-2)40-36(44)26-8-12-35-32(17-26)43(18-27-7-10-30(27)34(49-4)14-13-33(24)48-3)22-38(23-50-35)15-5-6-25-16-28(39)9-11-31(25)38/h8-9,11-14,16-17,24,27,29-30,33-34H,5-7,10,15,18-23H2,1-4H3,(H,40,41,44,45,46)/b14-13+/t24-,27+,30-,33+,34+,38+,51+/m1/s1. The molecule has 276 valence electrons. The molecular weight excluding hydrogens is 692 g/mol. The number of ether oxygens (including phenoxy) is 4. The van der Waals surface area contributed by atoms with E-state index in [0.29, 0.717) is 37.9 Å². The number of nitrogens with zero attached hydrogens (tertiary/aromatic N) is 3. The molecule has 1 saturated heterocycles. The van der Waals surface area contributed by atoms with Crippen molar-refractivity contribution in [2.24, 2.45) is 22.1 Å². The Morgan fingerprint density at radius 2 is 1.82 bits per heavy atom. The van der Waals surface area contributed by atoms with Crippen LogP contribution < -0.4 is 14.4 Å². The number of carbonyl (C=O) groups is 2. The van der Waals surface area contributed by atoms with Gasteiger partial charge in [0.2, 0.25) is 0 Å². The van der Waals surface area contributed by atoms with E-state index < -0.39 is 28.0 Å². The maximum absolute atomic E-state index is 14.6. The Balaban J connectivity index is 1.30. The second kappa shape index (κ2) is 14.7. The van der Waals surface area contributed by atoms with E-state index in [1.54, 1.807) is 27.4 Å². The van der Waals surface area contributed by atoms with Crippen molar-refractivity contribution in [3.8, 4) is 5.75 Å². The average Bonchev–Trinajstić information content (AvgIpc) is 3.21. The normalized spacial score (nSPS) is 33.0. The Hall–Kier alpha value is -3.16. The molecule has 3 heterocycles. The molecule has 0 unspecified atom stereocenters. The quantitative estimate of drug-likeness (QED) is 0.401. The fourth-order valence-corrected chi connectivity index (χ4v) is 10.7. The van der Waals surface area contributed by atoms with Gasteiger partial charge in [0, 0.05) is 50.4 Å². The van der Waals surface area contributed by atoms with Crippen LogP contribution in [0.1, 0.15) is 54.1 Å². The largest absolute Gasteiger partial charge is 0.490 e. The van der Waals surface area contributed by atoms with Gasteiger partial charge >= 0.3 is 6.03 Å². The van der Waals surface area contributed by atoms with Crippen molar-refractivity contribution in [1.82, 2.24) is 9.62 Å². The number of fused-ring (bicyclic) bond motifs is 4. The highest BCUT2D eigenvalue weighted by molar-refractivity contribution is 7.92. The van der Waals surface area contributed by atoms with E-state index in [1.165, 1.54) is 16.0 Å². The zero-order valence-corrected chi connectivity index (χ0v) is 31.4. The molecule has 2 aromatic carbocycles. The number of anilines is 1. The summed E-state index contributed by atoms with van der Waals surface area (Å²) in [4.78, 5) is 31.2. The van der Waals surface area contributed by atoms with Crippen LogP contribution in [0.2, 0.25) is 5.02 Å². The van der Waals surface area contributed by atoms with Crippen LogP contribution in [0.25, 0.3) is 0 Å². The van der Waals surface area contributed by atoms with Gasteiger partial charge in [-0.2, -0.15) is 0 Å². The average molecular weight is 741 g/mol. The number of halogens is 1. The third-order valence-electron chi connectivity index (χ3n) is 11.7. The summed E-state index contributed by atoms with van der Waals surface area (Å²) in [6, 6.07) is 11.0. The molecule has 0 aromatic heterocycles. The first kappa shape index (κ1) is 36.2. The molecule has 11 nitrogen and oxygen atoms in total. The molecule has 1 spiro atoms. The first-order valence-electron chi connectivity index (χ1n) is 18.0. The zero-order valence-electron chi connectivity index (χ0n) is 29.8. The topological polar surface area (TPSA) is 119 Å². The van der Waals surface area contributed by atoms with Crippen LogP contribution in [0.4, 0.5) is 10.5 Å². The summed E-state index contributed by atoms with van der Waals surface area (Å²) in [6.07, 6.45) is 8.39. The summed E-state index contributed by atoms with van der Waals surface area (Å²) in [5.74, 6) is 0.207. The van der Waals surface area contributed by atoms with Gasteiger partial charge in [0.1, 0.15) is 15.7 Å². The fourth-order valence-electron chi connectivity index (χ4n) is 8.59. The van der Waals surface area contributed by atoms with E-state index in [1.807, 2.05) is 31.2 Å². The van der Waals surface area contributed by atoms with Gasteiger partial charge in [-0.05, 0) is 91.3 Å². The summed E-state index contributed by atoms with van der Waals surface area (Å²) in [5, 5.41) is 0.735. The minimum absolute atomic E-state index is 0.0846. The van der Waals surface area contributed by atoms with Gasteiger partial charge in [0.25, 0.3) is 5.91 Å². The van der Waals surface area contributed by atoms with Crippen molar-refractivity contribution in [2.75, 3.05) is 64.8 Å². The molecule has 0 radical (unpaired) electrons. The highest BCUT2D eigenvalue weighted by Gasteiger charge is 2.44. The van der Waals surface area contributed by atoms with E-state index in [2.05, 4.69) is 32.2 Å². The lowest BCUT2D eigenvalue weighted by atomic mass is 9.68. The van der Waals surface area contributed by atoms with E-state index in [9.17, 15) is 13.8 Å². The van der Waals surface area contributed by atoms with Gasteiger partial charge in [0.15, 0.2) is 0 Å². The number of hydrogen-bond donors (Lipinski definition) is 1. The second-order valence-corrected chi connectivity index (χ2v) is 17.4. The Kier molecular flexibility index (Phi) is 10.4. The number of aryl methyl sites for hydroxylation is 1. The Bertz CT molecular complexity index is 1810. The smallest absolute Gasteiger partial charge is 0.330 e. The van der Waals surface area contributed by atoms with E-state index in [4.69, 9.17) is 30.5 Å². The van der Waals surface area contributed by atoms with Crippen LogP contribution >= 0.6 is 11.6 Å². The maximum atomic E-state index is 14.6. The van der Waals surface area contributed by atoms with Crippen molar-refractivity contribution in [2.45, 2.75) is 62.8 Å². The first-order valence-corrected chi connectivity index (χ1v) is 20.0. The van der Waals surface area contributed by atoms with Gasteiger partial charge in [-0.15, -0.1) is 4.36 Å². The summed E-state index contributed by atoms with van der Waals surface area (Å²) in [7, 11) is 1.34. The molecule has 1 saturated carbocycles. The number of urea groups is 1. The number of nitrogens with one attached hydrogen (secondary N) is 1. The molecule has 2 aliphatic carbocycles. The molecule has 7 atom stereocenters. The van der Waals surface area contributed by atoms with Gasteiger partial charge in [-0.3, -0.25) is 9.52 Å². The Morgan fingerprint density at radius 3 is 2.55 bits per heavy atom. The number of methoxy groups -OCH3 is 3. The number of benzene rings is 2. The molecule has 3 amide bonds. The minimum Gasteiger partial charge on any atom is -0.490 e. The van der Waals surface area contributed by atoms with E-state index >= 15 is 0 Å².